The molecule has 3 nitrogen and oxygen atoms in total. The third-order valence-electron chi connectivity index (χ3n) is 3.69. The molecule has 1 N–H and O–H groups in total. The first-order valence-corrected chi connectivity index (χ1v) is 9.28. The highest BCUT2D eigenvalue weighted by Crippen LogP contribution is 2.12. The summed E-state index contributed by atoms with van der Waals surface area (Å²) in [6, 6.07) is 0. The van der Waals surface area contributed by atoms with Crippen LogP contribution in [0.15, 0.2) is 25.7 Å². The molecule has 23 heavy (non-hydrogen) atoms. The molecular weight excluding hydrogens is 288 g/mol. The van der Waals surface area contributed by atoms with Gasteiger partial charge in [-0.2, -0.15) is 0 Å². The van der Waals surface area contributed by atoms with Crippen LogP contribution in [0.25, 0.3) is 0 Å². The minimum atomic E-state index is -0.655. The van der Waals surface area contributed by atoms with Gasteiger partial charge in [-0.1, -0.05) is 97.1 Å². The molecule has 0 aliphatic rings. The zero-order chi connectivity index (χ0) is 17.6. The van der Waals surface area contributed by atoms with Gasteiger partial charge in [-0.05, 0) is 6.42 Å². The monoisotopic (exact) mass is 326 g/mol. The van der Waals surface area contributed by atoms with Gasteiger partial charge < -0.3 is 9.84 Å². The second-order valence-electron chi connectivity index (χ2n) is 5.86. The Kier molecular flexibility index (Phi) is 24.0. The third kappa shape index (κ3) is 29.4. The maximum absolute atomic E-state index is 10.3. The van der Waals surface area contributed by atoms with E-state index in [9.17, 15) is 4.79 Å². The Labute approximate surface area is 143 Å². The van der Waals surface area contributed by atoms with Gasteiger partial charge in [0.15, 0.2) is 0 Å². The highest BCUT2D eigenvalue weighted by molar-refractivity contribution is 5.66. The van der Waals surface area contributed by atoms with E-state index in [0.717, 1.165) is 12.8 Å². The van der Waals surface area contributed by atoms with Gasteiger partial charge in [0.2, 0.25) is 0 Å². The number of carboxylic acid groups (broad SMARTS) is 1. The summed E-state index contributed by atoms with van der Waals surface area (Å²) in [7, 11) is 0. The highest BCUT2D eigenvalue weighted by Gasteiger charge is 1.96. The van der Waals surface area contributed by atoms with E-state index in [1.807, 2.05) is 0 Å². The lowest BCUT2D eigenvalue weighted by Crippen LogP contribution is -1.93. The molecule has 0 rings (SSSR count). The van der Waals surface area contributed by atoms with Crippen LogP contribution in [0.3, 0.4) is 0 Å². The molecule has 0 radical (unpaired) electrons. The van der Waals surface area contributed by atoms with Crippen LogP contribution in [0.5, 0.6) is 0 Å². The van der Waals surface area contributed by atoms with E-state index in [1.165, 1.54) is 83.2 Å². The summed E-state index contributed by atoms with van der Waals surface area (Å²) in [4.78, 5) is 10.3. The number of unbranched alkanes of at least 4 members (excludes halogenated alkanes) is 12. The van der Waals surface area contributed by atoms with Gasteiger partial charge in [-0.3, -0.25) is 4.79 Å². The lowest BCUT2D eigenvalue weighted by atomic mass is 10.0. The average Bonchev–Trinajstić information content (AvgIpc) is 2.53. The van der Waals surface area contributed by atoms with Gasteiger partial charge in [0, 0.05) is 6.42 Å². The van der Waals surface area contributed by atoms with E-state index in [1.54, 1.807) is 0 Å². The quantitative estimate of drug-likeness (QED) is 0.249. The highest BCUT2D eigenvalue weighted by atomic mass is 16.5. The molecule has 0 aliphatic heterocycles. The standard InChI is InChI=1S/C16H32O2.C4H6O/c1-2-3-4-5-6-7-8-9-10-11-12-13-14-15-16(17)18;1-3-5-4-2/h2-15H2,1H3,(H,17,18);3-4H,1-2H2. The Bertz CT molecular complexity index is 256. The molecule has 0 amide bonds. The van der Waals surface area contributed by atoms with E-state index < -0.39 is 5.97 Å². The Balaban J connectivity index is 0. The van der Waals surface area contributed by atoms with Crippen molar-refractivity contribution in [2.24, 2.45) is 0 Å². The van der Waals surface area contributed by atoms with E-state index in [-0.39, 0.29) is 0 Å². The molecule has 0 fully saturated rings. The van der Waals surface area contributed by atoms with Gasteiger partial charge in [0.05, 0.1) is 12.5 Å². The summed E-state index contributed by atoms with van der Waals surface area (Å²) in [5, 5.41) is 8.49. The molecule has 0 aromatic heterocycles. The van der Waals surface area contributed by atoms with Crippen LogP contribution in [0.2, 0.25) is 0 Å². The van der Waals surface area contributed by atoms with Gasteiger partial charge in [0.1, 0.15) is 0 Å². The van der Waals surface area contributed by atoms with Crippen molar-refractivity contribution in [2.75, 3.05) is 0 Å². The normalized spacial score (nSPS) is 9.61. The van der Waals surface area contributed by atoms with Crippen molar-refractivity contribution in [1.29, 1.82) is 0 Å². The van der Waals surface area contributed by atoms with E-state index in [4.69, 9.17) is 5.11 Å². The molecule has 136 valence electrons. The number of hydrogen-bond acceptors (Lipinski definition) is 2. The molecule has 0 bridgehead atoms. The number of carbonyl (C=O) groups is 1. The smallest absolute Gasteiger partial charge is 0.303 e. The van der Waals surface area contributed by atoms with Crippen molar-refractivity contribution in [3.8, 4) is 0 Å². The fourth-order valence-corrected chi connectivity index (χ4v) is 2.36. The van der Waals surface area contributed by atoms with Crippen LogP contribution in [0.4, 0.5) is 0 Å². The van der Waals surface area contributed by atoms with Crippen molar-refractivity contribution in [3.05, 3.63) is 25.7 Å². The average molecular weight is 327 g/mol. The molecule has 0 aromatic rings. The lowest BCUT2D eigenvalue weighted by Gasteiger charge is -2.02. The van der Waals surface area contributed by atoms with Gasteiger partial charge >= 0.3 is 5.97 Å². The van der Waals surface area contributed by atoms with Crippen LogP contribution < -0.4 is 0 Å². The summed E-state index contributed by atoms with van der Waals surface area (Å²) < 4.78 is 4.36. The fraction of sp³-hybridized carbons (Fsp3) is 0.750. The fourth-order valence-electron chi connectivity index (χ4n) is 2.36. The molecule has 0 saturated carbocycles. The van der Waals surface area contributed by atoms with Crippen molar-refractivity contribution < 1.29 is 14.6 Å². The number of rotatable bonds is 16. The molecule has 0 aromatic carbocycles. The summed E-state index contributed by atoms with van der Waals surface area (Å²) in [6.45, 7) is 8.77. The molecule has 0 atom stereocenters. The first-order chi connectivity index (χ1) is 11.2. The Morgan fingerprint density at radius 1 is 0.783 bits per heavy atom. The van der Waals surface area contributed by atoms with Gasteiger partial charge in [0.25, 0.3) is 0 Å². The molecule has 0 heterocycles. The number of ether oxygens (including phenoxy) is 1. The molecular formula is C20H38O3. The molecule has 0 spiro atoms. The zero-order valence-corrected chi connectivity index (χ0v) is 15.2. The second-order valence-corrected chi connectivity index (χ2v) is 5.86. The van der Waals surface area contributed by atoms with Crippen molar-refractivity contribution in [1.82, 2.24) is 0 Å². The largest absolute Gasteiger partial charge is 0.481 e. The zero-order valence-electron chi connectivity index (χ0n) is 15.2. The van der Waals surface area contributed by atoms with Crippen LogP contribution in [-0.4, -0.2) is 11.1 Å². The number of aliphatic carboxylic acids is 1. The third-order valence-corrected chi connectivity index (χ3v) is 3.69. The summed E-state index contributed by atoms with van der Waals surface area (Å²) in [6.07, 6.45) is 19.9. The molecule has 0 saturated heterocycles. The van der Waals surface area contributed by atoms with Crippen LogP contribution in [-0.2, 0) is 9.53 Å². The van der Waals surface area contributed by atoms with Crippen molar-refractivity contribution in [3.63, 3.8) is 0 Å². The van der Waals surface area contributed by atoms with Crippen LogP contribution in [0, 0.1) is 0 Å². The first-order valence-electron chi connectivity index (χ1n) is 9.28. The Hall–Kier alpha value is -1.25. The maximum atomic E-state index is 10.3. The minimum absolute atomic E-state index is 0.345. The Morgan fingerprint density at radius 2 is 1.13 bits per heavy atom. The van der Waals surface area contributed by atoms with E-state index >= 15 is 0 Å². The van der Waals surface area contributed by atoms with Crippen molar-refractivity contribution >= 4 is 5.97 Å². The molecule has 3 heteroatoms. The van der Waals surface area contributed by atoms with Crippen molar-refractivity contribution in [2.45, 2.75) is 96.8 Å². The minimum Gasteiger partial charge on any atom is -0.481 e. The first kappa shape index (κ1) is 24.0. The topological polar surface area (TPSA) is 46.5 Å². The Morgan fingerprint density at radius 3 is 1.39 bits per heavy atom. The number of carboxylic acids is 1. The van der Waals surface area contributed by atoms with E-state index in [0.29, 0.717) is 6.42 Å². The predicted molar refractivity (Wildman–Crippen MR) is 99.4 cm³/mol. The summed E-state index contributed by atoms with van der Waals surface area (Å²) in [5.74, 6) is -0.655. The number of hydrogen-bond donors (Lipinski definition) is 1. The van der Waals surface area contributed by atoms with Crippen LogP contribution >= 0.6 is 0 Å². The molecule has 0 unspecified atom stereocenters. The van der Waals surface area contributed by atoms with Crippen LogP contribution in [0.1, 0.15) is 96.8 Å². The maximum Gasteiger partial charge on any atom is 0.303 e. The second kappa shape index (κ2) is 23.0. The summed E-state index contributed by atoms with van der Waals surface area (Å²) >= 11 is 0. The van der Waals surface area contributed by atoms with Gasteiger partial charge in [-0.25, -0.2) is 0 Å². The summed E-state index contributed by atoms with van der Waals surface area (Å²) in [5.41, 5.74) is 0. The molecule has 0 aliphatic carbocycles. The predicted octanol–water partition coefficient (Wildman–Crippen LogP) is 6.84. The lowest BCUT2D eigenvalue weighted by molar-refractivity contribution is -0.137. The van der Waals surface area contributed by atoms with E-state index in [2.05, 4.69) is 24.8 Å². The SMILES string of the molecule is C=COC=C.CCCCCCCCCCCCCCCC(=O)O. The van der Waals surface area contributed by atoms with Gasteiger partial charge in [-0.15, -0.1) is 0 Å².